The predicted molar refractivity (Wildman–Crippen MR) is 138 cm³/mol. The lowest BCUT2D eigenvalue weighted by atomic mass is 9.91. The Balaban J connectivity index is 2.14. The van der Waals surface area contributed by atoms with Gasteiger partial charge in [0.2, 0.25) is 5.91 Å². The number of piperazine rings is 1. The van der Waals surface area contributed by atoms with Crippen molar-refractivity contribution in [2.24, 2.45) is 11.8 Å². The number of nitrogens with zero attached hydrogens (tertiary/aromatic N) is 2. The molecule has 2 rings (SSSR count). The Kier molecular flexibility index (Phi) is 11.2. The molecule has 0 aromatic heterocycles. The number of nitrogens with one attached hydrogen (secondary N) is 1. The van der Waals surface area contributed by atoms with E-state index >= 15 is 0 Å². The number of carbonyl (C=O) groups excluding carboxylic acids is 3. The molecule has 3 amide bonds. The van der Waals surface area contributed by atoms with Crippen LogP contribution in [-0.2, 0) is 20.7 Å². The van der Waals surface area contributed by atoms with E-state index < -0.39 is 29.6 Å². The molecule has 1 aliphatic rings. The number of hydrogen-bond donors (Lipinski definition) is 3. The van der Waals surface area contributed by atoms with Gasteiger partial charge in [0.25, 0.3) is 5.91 Å². The molecule has 1 heterocycles. The van der Waals surface area contributed by atoms with Crippen molar-refractivity contribution in [2.45, 2.75) is 78.0 Å². The van der Waals surface area contributed by atoms with Crippen LogP contribution < -0.4 is 10.2 Å². The Bertz CT molecular complexity index is 898. The van der Waals surface area contributed by atoms with Gasteiger partial charge in [-0.15, -0.1) is 0 Å². The summed E-state index contributed by atoms with van der Waals surface area (Å²) in [6, 6.07) is 7.31. The highest BCUT2D eigenvalue weighted by Gasteiger charge is 2.40. The van der Waals surface area contributed by atoms with Gasteiger partial charge in [-0.3, -0.25) is 14.8 Å². The minimum atomic E-state index is -1.69. The van der Waals surface area contributed by atoms with Crippen molar-refractivity contribution in [1.82, 2.24) is 15.3 Å². The topological polar surface area (TPSA) is 129 Å². The van der Waals surface area contributed by atoms with E-state index in [1.807, 2.05) is 58.9 Å². The zero-order chi connectivity index (χ0) is 27.8. The highest BCUT2D eigenvalue weighted by atomic mass is 16.6. The van der Waals surface area contributed by atoms with Gasteiger partial charge in [0.1, 0.15) is 17.5 Å². The van der Waals surface area contributed by atoms with E-state index in [4.69, 9.17) is 14.7 Å². The number of rotatable bonds is 10. The van der Waals surface area contributed by atoms with Crippen LogP contribution in [0.2, 0.25) is 0 Å². The van der Waals surface area contributed by atoms with Gasteiger partial charge < -0.3 is 24.4 Å². The maximum atomic E-state index is 13.6. The molecule has 1 aromatic carbocycles. The lowest BCUT2D eigenvalue weighted by Crippen LogP contribution is -2.59. The fraction of sp³-hybridized carbons (Fsp3) is 0.667. The number of methoxy groups -OCH3 is 1. The number of hydroxylamine groups is 1. The van der Waals surface area contributed by atoms with Crippen LogP contribution in [0.25, 0.3) is 0 Å². The zero-order valence-corrected chi connectivity index (χ0v) is 22.9. The van der Waals surface area contributed by atoms with Crippen molar-refractivity contribution in [1.29, 1.82) is 0 Å². The van der Waals surface area contributed by atoms with Gasteiger partial charge in [0.15, 0.2) is 0 Å². The average molecular weight is 522 g/mol. The molecular weight excluding hydrogens is 478 g/mol. The van der Waals surface area contributed by atoms with Crippen molar-refractivity contribution in [3.8, 4) is 5.75 Å². The van der Waals surface area contributed by atoms with Crippen LogP contribution >= 0.6 is 0 Å². The summed E-state index contributed by atoms with van der Waals surface area (Å²) >= 11 is 0. The Morgan fingerprint density at radius 1 is 1.14 bits per heavy atom. The normalized spacial score (nSPS) is 17.8. The van der Waals surface area contributed by atoms with Crippen LogP contribution in [0.1, 0.15) is 59.4 Å². The third-order valence-corrected chi connectivity index (χ3v) is 6.38. The number of aliphatic hydroxyl groups is 1. The van der Waals surface area contributed by atoms with E-state index in [1.165, 1.54) is 5.48 Å². The molecule has 0 radical (unpaired) electrons. The molecule has 10 nitrogen and oxygen atoms in total. The third kappa shape index (κ3) is 9.19. The summed E-state index contributed by atoms with van der Waals surface area (Å²) in [6.07, 6.45) is 0.00250. The first-order valence-electron chi connectivity index (χ1n) is 12.9. The van der Waals surface area contributed by atoms with Gasteiger partial charge >= 0.3 is 6.09 Å². The summed E-state index contributed by atoms with van der Waals surface area (Å²) in [5, 5.41) is 19.7. The van der Waals surface area contributed by atoms with E-state index in [9.17, 15) is 19.5 Å². The van der Waals surface area contributed by atoms with Crippen molar-refractivity contribution < 1.29 is 34.2 Å². The molecule has 0 bridgehead atoms. The Labute approximate surface area is 219 Å². The fourth-order valence-corrected chi connectivity index (χ4v) is 4.58. The van der Waals surface area contributed by atoms with E-state index in [0.29, 0.717) is 25.8 Å². The molecule has 37 heavy (non-hydrogen) atoms. The second-order valence-electron chi connectivity index (χ2n) is 11.0. The summed E-state index contributed by atoms with van der Waals surface area (Å²) in [4.78, 5) is 41.8. The maximum absolute atomic E-state index is 13.6. The second-order valence-corrected chi connectivity index (χ2v) is 11.0. The summed E-state index contributed by atoms with van der Waals surface area (Å²) in [6.45, 7) is 10.4. The summed E-state index contributed by atoms with van der Waals surface area (Å²) < 4.78 is 10.8. The van der Waals surface area contributed by atoms with E-state index in [2.05, 4.69) is 0 Å². The smallest absolute Gasteiger partial charge is 0.410 e. The summed E-state index contributed by atoms with van der Waals surface area (Å²) in [5.74, 6) is -1.40. The van der Waals surface area contributed by atoms with Crippen LogP contribution in [0.3, 0.4) is 0 Å². The minimum Gasteiger partial charge on any atom is -0.497 e. The number of aliphatic hydroxyl groups excluding tert-OH is 1. The van der Waals surface area contributed by atoms with Crippen LogP contribution in [0, 0.1) is 11.8 Å². The van der Waals surface area contributed by atoms with Gasteiger partial charge in [-0.25, -0.2) is 10.3 Å². The number of aryl methyl sites for hydroxylation is 1. The third-order valence-electron chi connectivity index (χ3n) is 6.38. The van der Waals surface area contributed by atoms with Gasteiger partial charge in [-0.2, -0.15) is 0 Å². The molecule has 1 aromatic rings. The molecule has 0 unspecified atom stereocenters. The number of benzene rings is 1. The molecule has 0 saturated carbocycles. The van der Waals surface area contributed by atoms with Crippen molar-refractivity contribution in [3.05, 3.63) is 29.8 Å². The SMILES string of the molecule is COc1ccc(CCC[C@@H](C(=O)N2CCN(C(=O)OC(C)(C)C)[C@@H](CC(C)C)C2)[C@H](O)C(=O)NO)cc1. The van der Waals surface area contributed by atoms with Crippen LogP contribution in [0.5, 0.6) is 5.75 Å². The molecule has 3 atom stereocenters. The monoisotopic (exact) mass is 521 g/mol. The summed E-state index contributed by atoms with van der Waals surface area (Å²) in [7, 11) is 1.60. The van der Waals surface area contributed by atoms with Crippen molar-refractivity contribution in [3.63, 3.8) is 0 Å². The van der Waals surface area contributed by atoms with Gasteiger partial charge in [0.05, 0.1) is 19.1 Å². The van der Waals surface area contributed by atoms with Crippen LogP contribution in [0.15, 0.2) is 24.3 Å². The van der Waals surface area contributed by atoms with Crippen molar-refractivity contribution >= 4 is 17.9 Å². The van der Waals surface area contributed by atoms with Gasteiger partial charge in [-0.05, 0) is 70.1 Å². The maximum Gasteiger partial charge on any atom is 0.410 e. The van der Waals surface area contributed by atoms with E-state index in [1.54, 1.807) is 16.9 Å². The van der Waals surface area contributed by atoms with Gasteiger partial charge in [-0.1, -0.05) is 26.0 Å². The Hall–Kier alpha value is -2.85. The molecule has 208 valence electrons. The Morgan fingerprint density at radius 2 is 1.78 bits per heavy atom. The largest absolute Gasteiger partial charge is 0.497 e. The van der Waals surface area contributed by atoms with E-state index in [0.717, 1.165) is 11.3 Å². The molecular formula is C27H43N3O7. The molecule has 3 N–H and O–H groups in total. The lowest BCUT2D eigenvalue weighted by Gasteiger charge is -2.43. The molecule has 0 spiro atoms. The molecule has 1 aliphatic heterocycles. The number of amides is 3. The number of ether oxygens (including phenoxy) is 2. The van der Waals surface area contributed by atoms with Gasteiger partial charge in [0, 0.05) is 19.6 Å². The molecule has 1 saturated heterocycles. The number of carbonyl (C=O) groups is 3. The minimum absolute atomic E-state index is 0.251. The average Bonchev–Trinajstić information content (AvgIpc) is 2.84. The zero-order valence-electron chi connectivity index (χ0n) is 22.9. The van der Waals surface area contributed by atoms with Crippen molar-refractivity contribution in [2.75, 3.05) is 26.7 Å². The first-order valence-corrected chi connectivity index (χ1v) is 12.9. The lowest BCUT2D eigenvalue weighted by molar-refractivity contribution is -0.152. The van der Waals surface area contributed by atoms with E-state index in [-0.39, 0.29) is 37.4 Å². The quantitative estimate of drug-likeness (QED) is 0.319. The van der Waals surface area contributed by atoms with Crippen LogP contribution in [0.4, 0.5) is 4.79 Å². The number of hydrogen-bond acceptors (Lipinski definition) is 7. The second kappa shape index (κ2) is 13.6. The molecule has 10 heteroatoms. The first-order chi connectivity index (χ1) is 17.4. The predicted octanol–water partition coefficient (Wildman–Crippen LogP) is 2.99. The summed E-state index contributed by atoms with van der Waals surface area (Å²) in [5.41, 5.74) is 1.86. The van der Waals surface area contributed by atoms with Crippen LogP contribution in [-0.4, -0.2) is 82.5 Å². The highest BCUT2D eigenvalue weighted by Crippen LogP contribution is 2.25. The molecule has 0 aliphatic carbocycles. The fourth-order valence-electron chi connectivity index (χ4n) is 4.58. The first kappa shape index (κ1) is 30.4. The Morgan fingerprint density at radius 3 is 2.32 bits per heavy atom. The molecule has 1 fully saturated rings. The standard InChI is InChI=1S/C27H43N3O7/c1-18(2)16-20-17-29(14-15-30(20)26(34)37-27(3,4)5)25(33)22(23(31)24(32)28-35)9-7-8-19-10-12-21(36-6)13-11-19/h10-13,18,20,22-23,31,35H,7-9,14-17H2,1-6H3,(H,28,32)/t20-,22+,23-/m0/s1. The highest BCUT2D eigenvalue weighted by molar-refractivity contribution is 5.88.